The topological polar surface area (TPSA) is 33.1 Å². The van der Waals surface area contributed by atoms with E-state index in [4.69, 9.17) is 10.1 Å². The van der Waals surface area contributed by atoms with Gasteiger partial charge in [-0.05, 0) is 41.9 Å². The first-order valence-electron chi connectivity index (χ1n) is 8.88. The van der Waals surface area contributed by atoms with Crippen molar-refractivity contribution >= 4 is 5.90 Å². The summed E-state index contributed by atoms with van der Waals surface area (Å²) in [6.07, 6.45) is 13.3. The SMILES string of the molecule is C=C/C(=C\C=C1/CC=CCC1)C(=N)OCc1ccc(C(C)(C)C)cc1. The van der Waals surface area contributed by atoms with E-state index in [1.54, 1.807) is 6.08 Å². The van der Waals surface area contributed by atoms with Gasteiger partial charge in [0.25, 0.3) is 0 Å². The third-order valence-corrected chi connectivity index (χ3v) is 4.36. The van der Waals surface area contributed by atoms with E-state index in [0.29, 0.717) is 12.2 Å². The maximum atomic E-state index is 8.15. The summed E-state index contributed by atoms with van der Waals surface area (Å²) in [5.74, 6) is 0.165. The average Bonchev–Trinajstić information content (AvgIpc) is 2.61. The van der Waals surface area contributed by atoms with Crippen LogP contribution in [0.25, 0.3) is 0 Å². The molecule has 0 aromatic heterocycles. The summed E-state index contributed by atoms with van der Waals surface area (Å²) in [5.41, 5.74) is 4.61. The molecule has 1 N–H and O–H groups in total. The normalized spacial score (nSPS) is 16.8. The number of benzene rings is 1. The molecule has 0 fully saturated rings. The Morgan fingerprint density at radius 3 is 2.48 bits per heavy atom. The predicted octanol–water partition coefficient (Wildman–Crippen LogP) is 6.26. The van der Waals surface area contributed by atoms with Crippen LogP contribution in [0.15, 0.2) is 72.4 Å². The number of ether oxygens (including phenoxy) is 1. The number of hydrogen-bond donors (Lipinski definition) is 1. The molecule has 0 saturated carbocycles. The lowest BCUT2D eigenvalue weighted by atomic mass is 9.87. The number of allylic oxidation sites excluding steroid dienone is 5. The van der Waals surface area contributed by atoms with Crippen LogP contribution in [-0.4, -0.2) is 5.90 Å². The monoisotopic (exact) mass is 335 g/mol. The first kappa shape index (κ1) is 19.0. The standard InChI is InChI=1S/C23H29NO/c1-5-20(14-11-18-9-7-6-8-10-18)22(24)25-17-19-12-15-21(16-13-19)23(2,3)4/h5-7,11-16,24H,1,8-10,17H2,2-4H3/b18-11+,20-14+,24-22?. The van der Waals surface area contributed by atoms with Crippen LogP contribution < -0.4 is 0 Å². The average molecular weight is 335 g/mol. The largest absolute Gasteiger partial charge is 0.473 e. The number of rotatable bonds is 5. The summed E-state index contributed by atoms with van der Waals surface area (Å²) in [6, 6.07) is 8.41. The van der Waals surface area contributed by atoms with Gasteiger partial charge in [-0.15, -0.1) is 0 Å². The summed E-state index contributed by atoms with van der Waals surface area (Å²) in [4.78, 5) is 0. The van der Waals surface area contributed by atoms with E-state index in [0.717, 1.165) is 24.8 Å². The summed E-state index contributed by atoms with van der Waals surface area (Å²) in [6.45, 7) is 10.8. The predicted molar refractivity (Wildman–Crippen MR) is 107 cm³/mol. The van der Waals surface area contributed by atoms with Crippen molar-refractivity contribution in [3.63, 3.8) is 0 Å². The van der Waals surface area contributed by atoms with Gasteiger partial charge in [0.2, 0.25) is 5.90 Å². The molecule has 0 amide bonds. The zero-order valence-corrected chi connectivity index (χ0v) is 15.6. The molecule has 2 nitrogen and oxygen atoms in total. The van der Waals surface area contributed by atoms with Crippen molar-refractivity contribution in [1.29, 1.82) is 5.41 Å². The first-order valence-corrected chi connectivity index (χ1v) is 8.88. The Morgan fingerprint density at radius 1 is 1.20 bits per heavy atom. The molecule has 0 unspecified atom stereocenters. The van der Waals surface area contributed by atoms with Gasteiger partial charge in [-0.25, -0.2) is 0 Å². The van der Waals surface area contributed by atoms with Crippen molar-refractivity contribution in [3.05, 3.63) is 83.5 Å². The third-order valence-electron chi connectivity index (χ3n) is 4.36. The molecule has 0 saturated heterocycles. The molecule has 1 aliphatic rings. The highest BCUT2D eigenvalue weighted by atomic mass is 16.5. The van der Waals surface area contributed by atoms with E-state index in [1.807, 2.05) is 6.08 Å². The molecule has 0 aliphatic heterocycles. The van der Waals surface area contributed by atoms with Gasteiger partial charge >= 0.3 is 0 Å². The van der Waals surface area contributed by atoms with Crippen molar-refractivity contribution in [2.24, 2.45) is 0 Å². The van der Waals surface area contributed by atoms with E-state index in [9.17, 15) is 0 Å². The fourth-order valence-electron chi connectivity index (χ4n) is 2.66. The van der Waals surface area contributed by atoms with E-state index in [2.05, 4.69) is 69.8 Å². The van der Waals surface area contributed by atoms with Crippen LogP contribution in [0.1, 0.15) is 51.2 Å². The van der Waals surface area contributed by atoms with Crippen molar-refractivity contribution < 1.29 is 4.74 Å². The molecule has 1 aromatic rings. The van der Waals surface area contributed by atoms with Crippen LogP contribution in [0.4, 0.5) is 0 Å². The molecule has 25 heavy (non-hydrogen) atoms. The minimum Gasteiger partial charge on any atom is -0.473 e. The molecular formula is C23H29NO. The summed E-state index contributed by atoms with van der Waals surface area (Å²) < 4.78 is 5.65. The third kappa shape index (κ3) is 5.90. The van der Waals surface area contributed by atoms with Gasteiger partial charge in [-0.1, -0.05) is 81.5 Å². The second-order valence-electron chi connectivity index (χ2n) is 7.43. The lowest BCUT2D eigenvalue weighted by Crippen LogP contribution is -2.11. The van der Waals surface area contributed by atoms with Crippen LogP contribution in [-0.2, 0) is 16.8 Å². The van der Waals surface area contributed by atoms with E-state index >= 15 is 0 Å². The molecule has 132 valence electrons. The molecule has 0 spiro atoms. The van der Waals surface area contributed by atoms with Gasteiger partial charge in [0.05, 0.1) is 0 Å². The van der Waals surface area contributed by atoms with Gasteiger partial charge < -0.3 is 4.74 Å². The zero-order chi connectivity index (χ0) is 18.3. The minimum absolute atomic E-state index is 0.145. The summed E-state index contributed by atoms with van der Waals surface area (Å²) in [5, 5.41) is 8.15. The van der Waals surface area contributed by atoms with Gasteiger partial charge in [-0.3, -0.25) is 5.41 Å². The van der Waals surface area contributed by atoms with E-state index < -0.39 is 0 Å². The highest BCUT2D eigenvalue weighted by molar-refractivity contribution is 5.94. The molecule has 2 rings (SSSR count). The van der Waals surface area contributed by atoms with Gasteiger partial charge in [0, 0.05) is 5.57 Å². The van der Waals surface area contributed by atoms with Crippen molar-refractivity contribution in [3.8, 4) is 0 Å². The van der Waals surface area contributed by atoms with Gasteiger partial charge in [0.1, 0.15) is 6.61 Å². The Kier molecular flexibility index (Phi) is 6.58. The van der Waals surface area contributed by atoms with Crippen LogP contribution in [0.5, 0.6) is 0 Å². The molecule has 0 heterocycles. The Balaban J connectivity index is 1.95. The lowest BCUT2D eigenvalue weighted by Gasteiger charge is -2.19. The van der Waals surface area contributed by atoms with Crippen LogP contribution in [0.2, 0.25) is 0 Å². The fraction of sp³-hybridized carbons (Fsp3) is 0.348. The Morgan fingerprint density at radius 2 is 1.92 bits per heavy atom. The molecular weight excluding hydrogens is 306 g/mol. The molecule has 1 aromatic carbocycles. The lowest BCUT2D eigenvalue weighted by molar-refractivity contribution is 0.291. The smallest absolute Gasteiger partial charge is 0.213 e. The van der Waals surface area contributed by atoms with E-state index in [-0.39, 0.29) is 11.3 Å². The minimum atomic E-state index is 0.145. The molecule has 1 aliphatic carbocycles. The second kappa shape index (κ2) is 8.66. The fourth-order valence-corrected chi connectivity index (χ4v) is 2.66. The highest BCUT2D eigenvalue weighted by Gasteiger charge is 2.13. The van der Waals surface area contributed by atoms with Gasteiger partial charge in [-0.2, -0.15) is 0 Å². The Bertz CT molecular complexity index is 697. The maximum absolute atomic E-state index is 8.15. The number of nitrogens with one attached hydrogen (secondary N) is 1. The summed E-state index contributed by atoms with van der Waals surface area (Å²) in [7, 11) is 0. The highest BCUT2D eigenvalue weighted by Crippen LogP contribution is 2.22. The molecule has 0 radical (unpaired) electrons. The van der Waals surface area contributed by atoms with Crippen molar-refractivity contribution in [2.45, 2.75) is 52.1 Å². The van der Waals surface area contributed by atoms with Crippen molar-refractivity contribution in [2.75, 3.05) is 0 Å². The first-order chi connectivity index (χ1) is 11.9. The molecule has 0 bridgehead atoms. The second-order valence-corrected chi connectivity index (χ2v) is 7.43. The Labute approximate surface area is 152 Å². The summed E-state index contributed by atoms with van der Waals surface area (Å²) >= 11 is 0. The molecule has 0 atom stereocenters. The van der Waals surface area contributed by atoms with Gasteiger partial charge in [0.15, 0.2) is 0 Å². The van der Waals surface area contributed by atoms with Crippen LogP contribution in [0.3, 0.4) is 0 Å². The zero-order valence-electron chi connectivity index (χ0n) is 15.6. The van der Waals surface area contributed by atoms with Crippen LogP contribution >= 0.6 is 0 Å². The molecule has 2 heteroatoms. The maximum Gasteiger partial charge on any atom is 0.213 e. The number of hydrogen-bond acceptors (Lipinski definition) is 2. The van der Waals surface area contributed by atoms with Crippen molar-refractivity contribution in [1.82, 2.24) is 0 Å². The Hall–Kier alpha value is -2.35. The quantitative estimate of drug-likeness (QED) is 0.293. The van der Waals surface area contributed by atoms with E-state index in [1.165, 1.54) is 11.1 Å². The van der Waals surface area contributed by atoms with Crippen LogP contribution in [0, 0.1) is 5.41 Å².